The van der Waals surface area contributed by atoms with Gasteiger partial charge in [-0.1, -0.05) is 57.4 Å². The van der Waals surface area contributed by atoms with Crippen molar-refractivity contribution in [3.63, 3.8) is 0 Å². The third-order valence-electron chi connectivity index (χ3n) is 7.58. The standard InChI is InChI=1S/C29H42N4O3/c1-20(2)22-12-14-23(15-13-22)25-18-26-27(34)32(16-9-17-36-21(3)4)29(5,19-33(26)31-25)28(35)30-24-10-7-6-8-11-24/h12-15,18,20-21,24H,6-11,16-17,19H2,1-5H3,(H,30,35). The molecule has 1 aliphatic heterocycles. The van der Waals surface area contributed by atoms with Crippen molar-refractivity contribution in [3.8, 4) is 11.3 Å². The number of carbonyl (C=O) groups is 2. The van der Waals surface area contributed by atoms with Crippen molar-refractivity contribution >= 4 is 11.8 Å². The molecule has 2 amide bonds. The third-order valence-corrected chi connectivity index (χ3v) is 7.58. The fourth-order valence-corrected chi connectivity index (χ4v) is 5.30. The van der Waals surface area contributed by atoms with Crippen molar-refractivity contribution in [1.82, 2.24) is 20.0 Å². The summed E-state index contributed by atoms with van der Waals surface area (Å²) in [5, 5.41) is 8.06. The molecule has 0 saturated heterocycles. The number of amides is 2. The van der Waals surface area contributed by atoms with E-state index in [2.05, 4.69) is 43.4 Å². The minimum absolute atomic E-state index is 0.0866. The SMILES string of the molecule is CC(C)OCCCN1C(=O)c2cc(-c3ccc(C(C)C)cc3)nn2CC1(C)C(=O)NC1CCCCC1. The Bertz CT molecular complexity index is 1050. The topological polar surface area (TPSA) is 76.5 Å². The number of nitrogens with zero attached hydrogens (tertiary/aromatic N) is 3. The molecule has 2 heterocycles. The lowest BCUT2D eigenvalue weighted by atomic mass is 9.91. The summed E-state index contributed by atoms with van der Waals surface area (Å²) in [4.78, 5) is 29.2. The zero-order chi connectivity index (χ0) is 25.9. The quantitative estimate of drug-likeness (QED) is 0.489. The molecule has 1 unspecified atom stereocenters. The van der Waals surface area contributed by atoms with E-state index in [1.54, 1.807) is 9.58 Å². The summed E-state index contributed by atoms with van der Waals surface area (Å²) in [6, 6.07) is 10.4. The molecule has 0 bridgehead atoms. The van der Waals surface area contributed by atoms with Crippen LogP contribution in [0.5, 0.6) is 0 Å². The Hall–Kier alpha value is -2.67. The summed E-state index contributed by atoms with van der Waals surface area (Å²) >= 11 is 0. The Morgan fingerprint density at radius 3 is 2.47 bits per heavy atom. The molecule has 1 aliphatic carbocycles. The maximum atomic E-state index is 13.8. The first kappa shape index (κ1) is 26.4. The van der Waals surface area contributed by atoms with E-state index in [0.717, 1.165) is 36.9 Å². The molecule has 196 valence electrons. The second-order valence-electron chi connectivity index (χ2n) is 11.2. The number of benzene rings is 1. The van der Waals surface area contributed by atoms with Crippen molar-refractivity contribution in [2.45, 2.75) is 103 Å². The zero-order valence-electron chi connectivity index (χ0n) is 22.5. The van der Waals surface area contributed by atoms with Gasteiger partial charge in [0.05, 0.1) is 18.3 Å². The van der Waals surface area contributed by atoms with Gasteiger partial charge in [0.1, 0.15) is 11.2 Å². The van der Waals surface area contributed by atoms with E-state index >= 15 is 0 Å². The van der Waals surface area contributed by atoms with Gasteiger partial charge < -0.3 is 15.0 Å². The van der Waals surface area contributed by atoms with E-state index in [1.165, 1.54) is 12.0 Å². The largest absolute Gasteiger partial charge is 0.379 e. The molecule has 1 fully saturated rings. The van der Waals surface area contributed by atoms with E-state index in [4.69, 9.17) is 9.84 Å². The van der Waals surface area contributed by atoms with Crippen LogP contribution >= 0.6 is 0 Å². The summed E-state index contributed by atoms with van der Waals surface area (Å²) in [5.41, 5.74) is 2.52. The summed E-state index contributed by atoms with van der Waals surface area (Å²) in [6.45, 7) is 11.6. The second-order valence-corrected chi connectivity index (χ2v) is 11.2. The van der Waals surface area contributed by atoms with Crippen molar-refractivity contribution < 1.29 is 14.3 Å². The fourth-order valence-electron chi connectivity index (χ4n) is 5.30. The van der Waals surface area contributed by atoms with Crippen molar-refractivity contribution in [2.24, 2.45) is 0 Å². The number of aromatic nitrogens is 2. The van der Waals surface area contributed by atoms with Crippen LogP contribution in [0.15, 0.2) is 30.3 Å². The fraction of sp³-hybridized carbons (Fsp3) is 0.621. The van der Waals surface area contributed by atoms with Gasteiger partial charge in [-0.15, -0.1) is 0 Å². The van der Waals surface area contributed by atoms with E-state index in [1.807, 2.05) is 26.8 Å². The average Bonchev–Trinajstić information content (AvgIpc) is 3.28. The van der Waals surface area contributed by atoms with Gasteiger partial charge in [0, 0.05) is 24.8 Å². The highest BCUT2D eigenvalue weighted by molar-refractivity contribution is 6.00. The zero-order valence-corrected chi connectivity index (χ0v) is 22.5. The van der Waals surface area contributed by atoms with Crippen LogP contribution in [0.3, 0.4) is 0 Å². The lowest BCUT2D eigenvalue weighted by molar-refractivity contribution is -0.134. The van der Waals surface area contributed by atoms with E-state index in [-0.39, 0.29) is 24.0 Å². The number of ether oxygens (including phenoxy) is 1. The highest BCUT2D eigenvalue weighted by Gasteiger charge is 2.48. The molecule has 1 atom stereocenters. The maximum absolute atomic E-state index is 13.8. The lowest BCUT2D eigenvalue weighted by Gasteiger charge is -2.44. The van der Waals surface area contributed by atoms with Crippen LogP contribution in [-0.2, 0) is 16.1 Å². The predicted octanol–water partition coefficient (Wildman–Crippen LogP) is 5.15. The van der Waals surface area contributed by atoms with Crippen LogP contribution in [-0.4, -0.2) is 57.3 Å². The van der Waals surface area contributed by atoms with Crippen molar-refractivity contribution in [2.75, 3.05) is 13.2 Å². The van der Waals surface area contributed by atoms with E-state index in [0.29, 0.717) is 37.7 Å². The first-order chi connectivity index (χ1) is 17.2. The van der Waals surface area contributed by atoms with Gasteiger partial charge in [-0.2, -0.15) is 5.10 Å². The molecule has 0 spiro atoms. The Labute approximate surface area is 215 Å². The van der Waals surface area contributed by atoms with Gasteiger partial charge in [0.15, 0.2) is 0 Å². The molecule has 1 aromatic heterocycles. The molecule has 0 radical (unpaired) electrons. The smallest absolute Gasteiger partial charge is 0.273 e. The number of rotatable bonds is 9. The van der Waals surface area contributed by atoms with Crippen LogP contribution in [0.4, 0.5) is 0 Å². The molecule has 2 aromatic rings. The number of hydrogen-bond acceptors (Lipinski definition) is 4. The lowest BCUT2D eigenvalue weighted by Crippen LogP contribution is -2.65. The predicted molar refractivity (Wildman–Crippen MR) is 142 cm³/mol. The van der Waals surface area contributed by atoms with Gasteiger partial charge in [0.2, 0.25) is 5.91 Å². The van der Waals surface area contributed by atoms with Crippen LogP contribution in [0.1, 0.15) is 95.1 Å². The molecule has 1 aromatic carbocycles. The molecular weight excluding hydrogens is 452 g/mol. The van der Waals surface area contributed by atoms with Crippen LogP contribution in [0, 0.1) is 0 Å². The summed E-state index contributed by atoms with van der Waals surface area (Å²) in [7, 11) is 0. The molecular formula is C29H42N4O3. The number of fused-ring (bicyclic) bond motifs is 1. The Morgan fingerprint density at radius 2 is 1.83 bits per heavy atom. The van der Waals surface area contributed by atoms with Gasteiger partial charge in [0.25, 0.3) is 5.91 Å². The Balaban J connectivity index is 1.60. The molecule has 7 nitrogen and oxygen atoms in total. The average molecular weight is 495 g/mol. The van der Waals surface area contributed by atoms with Gasteiger partial charge in [-0.05, 0) is 57.6 Å². The summed E-state index contributed by atoms with van der Waals surface area (Å²) < 4.78 is 7.45. The van der Waals surface area contributed by atoms with E-state index in [9.17, 15) is 9.59 Å². The van der Waals surface area contributed by atoms with Gasteiger partial charge in [-0.25, -0.2) is 0 Å². The monoisotopic (exact) mass is 494 g/mol. The van der Waals surface area contributed by atoms with Crippen LogP contribution in [0.2, 0.25) is 0 Å². The van der Waals surface area contributed by atoms with Crippen molar-refractivity contribution in [3.05, 3.63) is 41.6 Å². The highest BCUT2D eigenvalue weighted by atomic mass is 16.5. The van der Waals surface area contributed by atoms with E-state index < -0.39 is 5.54 Å². The third kappa shape index (κ3) is 5.66. The molecule has 1 saturated carbocycles. The minimum Gasteiger partial charge on any atom is -0.379 e. The van der Waals surface area contributed by atoms with Gasteiger partial charge in [-0.3, -0.25) is 14.3 Å². The van der Waals surface area contributed by atoms with Crippen LogP contribution in [0.25, 0.3) is 11.3 Å². The Kier molecular flexibility index (Phi) is 8.18. The molecule has 1 N–H and O–H groups in total. The number of nitrogens with one attached hydrogen (secondary N) is 1. The molecule has 4 rings (SSSR count). The molecule has 2 aliphatic rings. The maximum Gasteiger partial charge on any atom is 0.273 e. The molecule has 7 heteroatoms. The molecule has 36 heavy (non-hydrogen) atoms. The summed E-state index contributed by atoms with van der Waals surface area (Å²) in [5.74, 6) is 0.216. The normalized spacial score (nSPS) is 20.8. The van der Waals surface area contributed by atoms with Gasteiger partial charge >= 0.3 is 0 Å². The van der Waals surface area contributed by atoms with Crippen molar-refractivity contribution in [1.29, 1.82) is 0 Å². The number of hydrogen-bond donors (Lipinski definition) is 1. The summed E-state index contributed by atoms with van der Waals surface area (Å²) in [6.07, 6.45) is 6.31. The highest BCUT2D eigenvalue weighted by Crippen LogP contribution is 2.31. The second kappa shape index (κ2) is 11.2. The Morgan fingerprint density at radius 1 is 1.14 bits per heavy atom. The minimum atomic E-state index is -1.01. The first-order valence-electron chi connectivity index (χ1n) is 13.6. The number of carbonyl (C=O) groups excluding carboxylic acids is 2. The first-order valence-corrected chi connectivity index (χ1v) is 13.6. The van der Waals surface area contributed by atoms with Crippen LogP contribution < -0.4 is 5.32 Å².